The number of nitrogens with zero attached hydrogens (tertiary/aromatic N) is 3. The molecule has 1 N–H and O–H groups in total. The summed E-state index contributed by atoms with van der Waals surface area (Å²) in [5.41, 5.74) is 0.916. The smallest absolute Gasteiger partial charge is 0.293 e. The molecule has 7 nitrogen and oxygen atoms in total. The number of carbonyl (C=O) groups excluding carboxylic acids is 1. The van der Waals surface area contributed by atoms with Crippen LogP contribution in [0.25, 0.3) is 0 Å². The van der Waals surface area contributed by atoms with E-state index in [1.54, 1.807) is 23.5 Å². The standard InChI is InChI=1S/C20H26N4O3S/c1-22(2)18(19-7-6-12-28-19)14-21-20(25)15-8-9-16(17(13-15)24(26)27)23-10-4-3-5-11-23/h6-9,12-13,18H,3-5,10-11,14H2,1-2H3,(H,21,25). The highest BCUT2D eigenvalue weighted by Crippen LogP contribution is 2.31. The molecule has 1 aromatic carbocycles. The molecule has 0 bridgehead atoms. The van der Waals surface area contributed by atoms with Crippen molar-refractivity contribution in [3.8, 4) is 0 Å². The van der Waals surface area contributed by atoms with Gasteiger partial charge in [0.2, 0.25) is 0 Å². The number of nitro benzene ring substituents is 1. The largest absolute Gasteiger partial charge is 0.366 e. The van der Waals surface area contributed by atoms with Gasteiger partial charge in [-0.3, -0.25) is 14.9 Å². The van der Waals surface area contributed by atoms with Gasteiger partial charge in [-0.25, -0.2) is 0 Å². The fourth-order valence-electron chi connectivity index (χ4n) is 3.52. The number of benzene rings is 1. The van der Waals surface area contributed by atoms with Gasteiger partial charge in [0.15, 0.2) is 0 Å². The van der Waals surface area contributed by atoms with E-state index in [0.29, 0.717) is 17.8 Å². The van der Waals surface area contributed by atoms with Crippen molar-refractivity contribution in [3.63, 3.8) is 0 Å². The molecule has 3 rings (SSSR count). The molecule has 1 aliphatic heterocycles. The van der Waals surface area contributed by atoms with Crippen molar-refractivity contribution < 1.29 is 9.72 Å². The van der Waals surface area contributed by atoms with Crippen molar-refractivity contribution in [2.24, 2.45) is 0 Å². The predicted octanol–water partition coefficient (Wildman–Crippen LogP) is 3.68. The fraction of sp³-hybridized carbons (Fsp3) is 0.450. The van der Waals surface area contributed by atoms with Gasteiger partial charge in [0.1, 0.15) is 5.69 Å². The number of carbonyl (C=O) groups is 1. The summed E-state index contributed by atoms with van der Waals surface area (Å²) in [6, 6.07) is 8.88. The molecule has 0 saturated carbocycles. The number of nitrogens with one attached hydrogen (secondary N) is 1. The molecule has 8 heteroatoms. The average molecular weight is 403 g/mol. The van der Waals surface area contributed by atoms with Gasteiger partial charge in [0, 0.05) is 36.1 Å². The molecular formula is C20H26N4O3S. The van der Waals surface area contributed by atoms with Crippen LogP contribution in [0, 0.1) is 10.1 Å². The fourth-order valence-corrected chi connectivity index (χ4v) is 4.45. The van der Waals surface area contributed by atoms with Gasteiger partial charge in [-0.1, -0.05) is 6.07 Å². The Kier molecular flexibility index (Phi) is 6.64. The van der Waals surface area contributed by atoms with Crippen LogP contribution >= 0.6 is 11.3 Å². The lowest BCUT2D eigenvalue weighted by Gasteiger charge is -2.28. The van der Waals surface area contributed by atoms with E-state index in [0.717, 1.165) is 37.2 Å². The van der Waals surface area contributed by atoms with Crippen molar-refractivity contribution in [1.82, 2.24) is 10.2 Å². The zero-order valence-electron chi connectivity index (χ0n) is 16.3. The highest BCUT2D eigenvalue weighted by molar-refractivity contribution is 7.10. The zero-order valence-corrected chi connectivity index (χ0v) is 17.1. The molecule has 150 valence electrons. The number of rotatable bonds is 7. The number of piperidine rings is 1. The van der Waals surface area contributed by atoms with Gasteiger partial charge in [-0.15, -0.1) is 11.3 Å². The van der Waals surface area contributed by atoms with E-state index in [1.165, 1.54) is 6.07 Å². The van der Waals surface area contributed by atoms with Crippen molar-refractivity contribution in [2.75, 3.05) is 38.6 Å². The van der Waals surface area contributed by atoms with Crippen LogP contribution in [0.1, 0.15) is 40.5 Å². The number of anilines is 1. The molecule has 1 unspecified atom stereocenters. The Morgan fingerprint density at radius 3 is 2.64 bits per heavy atom. The third-order valence-electron chi connectivity index (χ3n) is 5.08. The molecule has 1 saturated heterocycles. The van der Waals surface area contributed by atoms with Gasteiger partial charge in [0.05, 0.1) is 11.0 Å². The molecule has 0 aliphatic carbocycles. The van der Waals surface area contributed by atoms with Crippen LogP contribution in [0.2, 0.25) is 0 Å². The van der Waals surface area contributed by atoms with Crippen LogP contribution in [0.3, 0.4) is 0 Å². The molecule has 28 heavy (non-hydrogen) atoms. The average Bonchev–Trinajstić information content (AvgIpc) is 3.22. The molecule has 1 aliphatic rings. The maximum Gasteiger partial charge on any atom is 0.293 e. The highest BCUT2D eigenvalue weighted by atomic mass is 32.1. The number of nitro groups is 1. The number of hydrogen-bond acceptors (Lipinski definition) is 6. The lowest BCUT2D eigenvalue weighted by atomic mass is 10.1. The Morgan fingerprint density at radius 1 is 1.29 bits per heavy atom. The number of amides is 1. The summed E-state index contributed by atoms with van der Waals surface area (Å²) in [6.07, 6.45) is 3.23. The van der Waals surface area contributed by atoms with Crippen LogP contribution in [0.15, 0.2) is 35.7 Å². The van der Waals surface area contributed by atoms with E-state index < -0.39 is 4.92 Å². The molecule has 0 radical (unpaired) electrons. The van der Waals surface area contributed by atoms with Gasteiger partial charge < -0.3 is 15.1 Å². The first-order valence-electron chi connectivity index (χ1n) is 9.49. The maximum absolute atomic E-state index is 12.6. The summed E-state index contributed by atoms with van der Waals surface area (Å²) in [7, 11) is 3.93. The van der Waals surface area contributed by atoms with Crippen LogP contribution in [0.5, 0.6) is 0 Å². The zero-order chi connectivity index (χ0) is 20.1. The minimum atomic E-state index is -0.394. The van der Waals surface area contributed by atoms with E-state index in [4.69, 9.17) is 0 Å². The highest BCUT2D eigenvalue weighted by Gasteiger charge is 2.24. The summed E-state index contributed by atoms with van der Waals surface area (Å²) in [4.78, 5) is 29.1. The Labute approximate surface area is 169 Å². The van der Waals surface area contributed by atoms with Crippen LogP contribution < -0.4 is 10.2 Å². The van der Waals surface area contributed by atoms with E-state index in [-0.39, 0.29) is 17.6 Å². The number of likely N-dealkylation sites (N-methyl/N-ethyl adjacent to an activating group) is 1. The van der Waals surface area contributed by atoms with Crippen molar-refractivity contribution >= 4 is 28.6 Å². The van der Waals surface area contributed by atoms with Crippen molar-refractivity contribution in [1.29, 1.82) is 0 Å². The molecular weight excluding hydrogens is 376 g/mol. The van der Waals surface area contributed by atoms with Crippen LogP contribution in [-0.2, 0) is 0 Å². The Bertz CT molecular complexity index is 817. The maximum atomic E-state index is 12.6. The van der Waals surface area contributed by atoms with Crippen LogP contribution in [0.4, 0.5) is 11.4 Å². The molecule has 1 amide bonds. The SMILES string of the molecule is CN(C)C(CNC(=O)c1ccc(N2CCCCC2)c([N+](=O)[O-])c1)c1cccs1. The normalized spacial score (nSPS) is 15.5. The summed E-state index contributed by atoms with van der Waals surface area (Å²) >= 11 is 1.64. The minimum absolute atomic E-state index is 0.00281. The quantitative estimate of drug-likeness (QED) is 0.565. The first-order chi connectivity index (χ1) is 13.5. The summed E-state index contributed by atoms with van der Waals surface area (Å²) in [5, 5.41) is 16.5. The second kappa shape index (κ2) is 9.16. The summed E-state index contributed by atoms with van der Waals surface area (Å²) in [5.74, 6) is -0.295. The molecule has 1 aromatic heterocycles. The van der Waals surface area contributed by atoms with Gasteiger partial charge in [0.25, 0.3) is 11.6 Å². The predicted molar refractivity (Wildman–Crippen MR) is 112 cm³/mol. The number of hydrogen-bond donors (Lipinski definition) is 1. The van der Waals surface area contributed by atoms with E-state index in [2.05, 4.69) is 5.32 Å². The minimum Gasteiger partial charge on any atom is -0.366 e. The van der Waals surface area contributed by atoms with E-state index in [1.807, 2.05) is 41.4 Å². The second-order valence-corrected chi connectivity index (χ2v) is 8.19. The molecule has 1 fully saturated rings. The monoisotopic (exact) mass is 402 g/mol. The second-order valence-electron chi connectivity index (χ2n) is 7.21. The van der Waals surface area contributed by atoms with Crippen LogP contribution in [-0.4, -0.2) is 49.5 Å². The lowest BCUT2D eigenvalue weighted by Crippen LogP contribution is -2.34. The van der Waals surface area contributed by atoms with Gasteiger partial charge >= 0.3 is 0 Å². The first-order valence-corrected chi connectivity index (χ1v) is 10.4. The third-order valence-corrected chi connectivity index (χ3v) is 6.06. The first kappa shape index (κ1) is 20.3. The van der Waals surface area contributed by atoms with Crippen molar-refractivity contribution in [3.05, 3.63) is 56.3 Å². The van der Waals surface area contributed by atoms with Gasteiger partial charge in [-0.05, 0) is 56.9 Å². The number of thiophene rings is 1. The Balaban J connectivity index is 1.74. The topological polar surface area (TPSA) is 78.7 Å². The Morgan fingerprint density at radius 2 is 2.04 bits per heavy atom. The molecule has 0 spiro atoms. The Hall–Kier alpha value is -2.45. The molecule has 2 heterocycles. The molecule has 2 aromatic rings. The van der Waals surface area contributed by atoms with E-state index in [9.17, 15) is 14.9 Å². The van der Waals surface area contributed by atoms with Gasteiger partial charge in [-0.2, -0.15) is 0 Å². The summed E-state index contributed by atoms with van der Waals surface area (Å²) in [6.45, 7) is 2.07. The molecule has 1 atom stereocenters. The third kappa shape index (κ3) is 4.69. The van der Waals surface area contributed by atoms with E-state index >= 15 is 0 Å². The lowest BCUT2D eigenvalue weighted by molar-refractivity contribution is -0.384. The van der Waals surface area contributed by atoms with Crippen molar-refractivity contribution in [2.45, 2.75) is 25.3 Å². The summed E-state index contributed by atoms with van der Waals surface area (Å²) < 4.78 is 0.